The first-order chi connectivity index (χ1) is 70.4. The van der Waals surface area contributed by atoms with Crippen LogP contribution in [-0.2, 0) is 94.9 Å². The summed E-state index contributed by atoms with van der Waals surface area (Å²) in [5.41, 5.74) is 2.84. The zero-order valence-electron chi connectivity index (χ0n) is 93.9. The van der Waals surface area contributed by atoms with Crippen LogP contribution in [-0.4, -0.2) is 308 Å². The van der Waals surface area contributed by atoms with Crippen LogP contribution in [0.5, 0.6) is 0 Å². The Morgan fingerprint density at radius 1 is 0.460 bits per heavy atom. The number of hydrogen-bond acceptors (Lipinski definition) is 29. The van der Waals surface area contributed by atoms with Crippen molar-refractivity contribution in [3.8, 4) is 0 Å². The van der Waals surface area contributed by atoms with Crippen molar-refractivity contribution in [3.05, 3.63) is 149 Å². The van der Waals surface area contributed by atoms with Crippen LogP contribution in [0, 0.1) is 35.5 Å². The summed E-state index contributed by atoms with van der Waals surface area (Å²) in [4.78, 5) is 181. The highest BCUT2D eigenvalue weighted by atomic mass is 28.4. The summed E-state index contributed by atoms with van der Waals surface area (Å²) in [5, 5.41) is 32.8. The number of carbonyl (C=O) groups excluding carboxylic acids is 12. The number of esters is 3. The molecule has 6 amide bonds. The topological polar surface area (TPSA) is 449 Å². The summed E-state index contributed by atoms with van der Waals surface area (Å²) in [6.45, 7) is 62.1. The normalized spacial score (nSPS) is 28.0. The average Bonchev–Trinajstić information content (AvgIpc) is 1.64. The number of aromatic nitrogens is 3. The molecule has 3 unspecified atom stereocenters. The molecular weight excluding hydrogens is 1980 g/mol. The van der Waals surface area contributed by atoms with E-state index in [2.05, 4.69) is 128 Å². The largest absolute Gasteiger partial charge is 0.460 e. The molecule has 6 bridgehead atoms. The van der Waals surface area contributed by atoms with Crippen molar-refractivity contribution in [3.63, 3.8) is 0 Å². The Balaban J connectivity index is 0.000000266. The maximum atomic E-state index is 14.2. The zero-order chi connectivity index (χ0) is 111. The van der Waals surface area contributed by atoms with Crippen LogP contribution in [0.4, 0.5) is 0 Å². The molecule has 150 heavy (non-hydrogen) atoms. The van der Waals surface area contributed by atoms with Crippen molar-refractivity contribution in [1.29, 1.82) is 0 Å². The molecule has 11 rings (SSSR count). The third-order valence-electron chi connectivity index (χ3n) is 28.8. The van der Waals surface area contributed by atoms with E-state index in [1.807, 2.05) is 111 Å². The Bertz CT molecular complexity index is 5120. The van der Waals surface area contributed by atoms with E-state index in [9.17, 15) is 67.7 Å². The van der Waals surface area contributed by atoms with Gasteiger partial charge in [0.15, 0.2) is 33.7 Å². The molecule has 0 spiro atoms. The second kappa shape index (κ2) is 57.9. The molecule has 8 aliphatic rings. The number of ketones is 3. The Morgan fingerprint density at radius 2 is 0.820 bits per heavy atom. The number of allylic oxidation sites excluding steroid dienone is 6. The number of fused-ring (bicyclic) bond motifs is 9. The number of morpholine rings is 2. The minimum atomic E-state index is -2.27. The van der Waals surface area contributed by atoms with Gasteiger partial charge in [0.2, 0.25) is 35.4 Å². The van der Waals surface area contributed by atoms with E-state index in [1.165, 1.54) is 34.3 Å². The van der Waals surface area contributed by atoms with Gasteiger partial charge in [-0.05, 0) is 120 Å². The van der Waals surface area contributed by atoms with Gasteiger partial charge in [0.25, 0.3) is 17.7 Å². The van der Waals surface area contributed by atoms with Crippen LogP contribution in [0.1, 0.15) is 224 Å². The first kappa shape index (κ1) is 125. The minimum Gasteiger partial charge on any atom is -0.460 e. The maximum absolute atomic E-state index is 14.2. The Labute approximate surface area is 892 Å². The van der Waals surface area contributed by atoms with E-state index in [4.69, 9.17) is 45.8 Å². The van der Waals surface area contributed by atoms with Crippen LogP contribution in [0.15, 0.2) is 127 Å². The smallest absolute Gasteiger partial charge is 0.329 e. The van der Waals surface area contributed by atoms with Crippen molar-refractivity contribution in [1.82, 2.24) is 55.8 Å². The van der Waals surface area contributed by atoms with E-state index < -0.39 is 129 Å². The van der Waals surface area contributed by atoms with Gasteiger partial charge in [-0.3, -0.25) is 48.1 Å². The standard InChI is InChI=1S/C38H61N3O7Si2.C37H59N3O8Si2.C32H44N4O8.C4H9NO/c1-13-26(3)34-27(4)18-19-31(43)39-20-14-16-25(2)22-29(48-50(11,12)38(5,6)7)23-28(42)24-32-40-33(37(46-32)49(8,9)10)35(44)41-21-15-17-30(41)36(45)47-34;1-24-14-12-18-38-30(43)17-16-25(2)33(26(3)23-41)47-35(45)29-15-13-19-40(29)34(44)32-36(49(7,8)9)46-31(39-32)22-27(42)21-28(20-24)48-50(10,11)37(4,5)6;1-21-6-4-10-33-28(39)9-8-22(2)30(23(3)19-35-12-14-42-15-13-35)44-32(41)27-7-5-11-36(27)31(40)26-20-43-29(34-26)18-25(38)17-24(37)16-21;1-3-6-4-2-5-1/h14,16,18-19,22,26-27,29-30,34H,13,15,17,20-21,23-24H2,1-12H3,(H,39,43);12,14,16-17,20,25-26,28-29,33,41H,13,15,18-19,21-23H2,1-11H3,(H,38,43);4,6,8-9,16,20,22-24,27,30,37H,5,7,10-15,17-19H2,1-3H3,(H,33,39);5H,1-4H2/b16-14+,19-18+,25-22+;14-12+,17-16+,24-20+;6-4+,9-8+,21-16+;/t26?,27-,29-,30-,34-;25-,26?,28-,29-,33+;22-,23?,24-,27-,30+;/m111./s1. The van der Waals surface area contributed by atoms with Gasteiger partial charge < -0.3 is 92.0 Å². The summed E-state index contributed by atoms with van der Waals surface area (Å²) in [6, 6.07) is -2.40. The summed E-state index contributed by atoms with van der Waals surface area (Å²) in [7, 11) is -9.04. The fourth-order valence-corrected chi connectivity index (χ4v) is 23.3. The van der Waals surface area contributed by atoms with Crippen molar-refractivity contribution in [2.75, 3.05) is 105 Å². The lowest BCUT2D eigenvalue weighted by Crippen LogP contribution is -2.48. The van der Waals surface area contributed by atoms with Crippen LogP contribution >= 0.6 is 0 Å². The van der Waals surface area contributed by atoms with Crippen molar-refractivity contribution in [2.45, 2.75) is 325 Å². The molecule has 0 radical (unpaired) electrons. The number of nitrogens with zero attached hydrogens (tertiary/aromatic N) is 7. The number of Topliss-reactive ketones (excluding diaryl/α,β-unsaturated/α-hetero) is 3. The van der Waals surface area contributed by atoms with E-state index in [-0.39, 0.29) is 168 Å². The third kappa shape index (κ3) is 38.7. The highest BCUT2D eigenvalue weighted by molar-refractivity contribution is 6.89. The summed E-state index contributed by atoms with van der Waals surface area (Å²) < 4.78 is 60.1. The molecular formula is C111H173N11O24Si4. The number of oxazole rings is 3. The number of rotatable bonds is 13. The van der Waals surface area contributed by atoms with Gasteiger partial charge in [-0.25, -0.2) is 29.3 Å². The molecule has 832 valence electrons. The predicted octanol–water partition coefficient (Wildman–Crippen LogP) is 13.0. The summed E-state index contributed by atoms with van der Waals surface area (Å²) >= 11 is 0. The predicted molar refractivity (Wildman–Crippen MR) is 586 cm³/mol. The van der Waals surface area contributed by atoms with Crippen molar-refractivity contribution in [2.24, 2.45) is 35.5 Å². The first-order valence-electron chi connectivity index (χ1n) is 53.6. The van der Waals surface area contributed by atoms with Crippen LogP contribution in [0.25, 0.3) is 0 Å². The van der Waals surface area contributed by atoms with Gasteiger partial charge in [0, 0.05) is 127 Å². The van der Waals surface area contributed by atoms with Crippen molar-refractivity contribution < 1.29 is 114 Å². The molecule has 8 aliphatic heterocycles. The number of cyclic esters (lactones) is 3. The second-order valence-corrected chi connectivity index (χ2v) is 65.6. The number of ether oxygens (including phenoxy) is 5. The number of nitrogens with one attached hydrogen (secondary N) is 4. The molecule has 11 heterocycles. The van der Waals surface area contributed by atoms with E-state index in [0.29, 0.717) is 95.2 Å². The van der Waals surface area contributed by atoms with E-state index >= 15 is 0 Å². The molecule has 6 N–H and O–H groups in total. The van der Waals surface area contributed by atoms with Gasteiger partial charge >= 0.3 is 17.9 Å². The summed E-state index contributed by atoms with van der Waals surface area (Å²) in [6.07, 6.45) is 27.1. The quantitative estimate of drug-likeness (QED) is 0.0526. The second-order valence-electron chi connectivity index (χ2n) is 46.2. The lowest BCUT2D eigenvalue weighted by molar-refractivity contribution is -0.159. The first-order valence-corrected chi connectivity index (χ1v) is 66.4. The van der Waals surface area contributed by atoms with Gasteiger partial charge in [-0.15, -0.1) is 0 Å². The van der Waals surface area contributed by atoms with Crippen molar-refractivity contribution >= 4 is 114 Å². The third-order valence-corrected chi connectivity index (χ3v) is 41.2. The highest BCUT2D eigenvalue weighted by Gasteiger charge is 2.48. The fourth-order valence-electron chi connectivity index (χ4n) is 18.2. The Morgan fingerprint density at radius 3 is 1.18 bits per heavy atom. The molecule has 15 atom stereocenters. The zero-order valence-corrected chi connectivity index (χ0v) is 97.9. The van der Waals surface area contributed by atoms with Gasteiger partial charge in [0.1, 0.15) is 87.0 Å². The molecule has 5 saturated heterocycles. The molecule has 0 saturated carbocycles. The fraction of sp³-hybridized carbons (Fsp3) is 0.649. The Kier molecular flexibility index (Phi) is 48.3. The van der Waals surface area contributed by atoms with Gasteiger partial charge in [-0.2, -0.15) is 0 Å². The maximum Gasteiger partial charge on any atom is 0.329 e. The van der Waals surface area contributed by atoms with Crippen LogP contribution in [0.3, 0.4) is 0 Å². The number of amides is 6. The highest BCUT2D eigenvalue weighted by Crippen LogP contribution is 2.41. The van der Waals surface area contributed by atoms with Gasteiger partial charge in [0.05, 0.1) is 64.0 Å². The number of aliphatic hydroxyl groups is 2. The molecule has 0 aliphatic carbocycles. The summed E-state index contributed by atoms with van der Waals surface area (Å²) in [5.74, 6) is -5.17. The Hall–Kier alpha value is -9.92. The minimum absolute atomic E-state index is 0.00636. The molecule has 3 aromatic heterocycles. The van der Waals surface area contributed by atoms with Crippen LogP contribution < -0.4 is 32.0 Å². The monoisotopic (exact) mass is 2160 g/mol. The molecule has 39 heteroatoms. The molecule has 35 nitrogen and oxygen atoms in total. The molecule has 3 aromatic rings. The number of hydrogen-bond donors (Lipinski definition) is 6. The van der Waals surface area contributed by atoms with Gasteiger partial charge in [-0.1, -0.05) is 225 Å². The SMILES string of the molecule is C1COCCN1.CC1=C\[C@@H](O)CC(=O)Cc2nc(co2)C(=O)N2CCC[C@@H]2C(=O)O[C@H](C(C)CN2CCOCC2)[C@H](C)/C=C/C(=O)NC\C=C\1.CC1=C\[C@@H](O[Si](C)(C)C(C)(C)C)CC(=O)Cc2nc(c([Si](C)(C)C)o2)C(=O)N2CCC[C@@H]2C(=O)O[C@H](C(C)CO)[C@H](C)/C=C/C(=O)NC\C=C\1.CCC(C)[C@H]1OC(=O)[C@H]2CCCN2C(=O)c2nc(oc2[Si](C)(C)C)CC(=O)C[C@H](O[Si](C)(C)C(C)(C)C)/C=C(C)/C=C/CNC(=O)/C=C/[C@H]1C. The lowest BCUT2D eigenvalue weighted by Gasteiger charge is -2.38. The number of carbonyl (C=O) groups is 12. The van der Waals surface area contributed by atoms with E-state index in [1.54, 1.807) is 55.2 Å². The molecule has 5 fully saturated rings. The molecule has 0 aromatic carbocycles. The van der Waals surface area contributed by atoms with Crippen LogP contribution in [0.2, 0.25) is 75.5 Å². The average molecular weight is 2160 g/mol. The van der Waals surface area contributed by atoms with E-state index in [0.717, 1.165) is 62.5 Å². The number of aliphatic hydroxyl groups excluding tert-OH is 2. The lowest BCUT2D eigenvalue weighted by atomic mass is 9.91.